The van der Waals surface area contributed by atoms with Crippen molar-refractivity contribution < 1.29 is 28.5 Å². The van der Waals surface area contributed by atoms with Crippen LogP contribution in [0.25, 0.3) is 44.6 Å². The molecule has 2 saturated heterocycles. The average Bonchev–Trinajstić information content (AvgIpc) is 3.82. The van der Waals surface area contributed by atoms with Crippen LogP contribution in [-0.2, 0) is 4.74 Å². The Bertz CT molecular complexity index is 2370. The van der Waals surface area contributed by atoms with Gasteiger partial charge in [0, 0.05) is 43.0 Å². The maximum Gasteiger partial charge on any atom is 0.407 e. The van der Waals surface area contributed by atoms with Crippen LogP contribution in [0.3, 0.4) is 0 Å². The van der Waals surface area contributed by atoms with Crippen LogP contribution in [0.15, 0.2) is 72.8 Å². The minimum atomic E-state index is -0.586. The number of anilines is 2. The summed E-state index contributed by atoms with van der Waals surface area (Å²) in [5.74, 6) is 0.179. The molecule has 290 valence electrons. The van der Waals surface area contributed by atoms with Gasteiger partial charge in [-0.15, -0.1) is 0 Å². The molecule has 56 heavy (non-hydrogen) atoms. The Kier molecular flexibility index (Phi) is 11.1. The summed E-state index contributed by atoms with van der Waals surface area (Å²) in [5.41, 5.74) is 9.50. The number of fused-ring (bicyclic) bond motifs is 2. The van der Waals surface area contributed by atoms with Gasteiger partial charge in [0.05, 0.1) is 34.8 Å². The van der Waals surface area contributed by atoms with Crippen molar-refractivity contribution in [3.05, 3.63) is 95.6 Å². The van der Waals surface area contributed by atoms with Crippen molar-refractivity contribution in [2.45, 2.75) is 52.1 Å². The normalized spacial score (nSPS) is 16.6. The molecule has 2 aromatic heterocycles. The first-order chi connectivity index (χ1) is 27.0. The Balaban J connectivity index is 0.000000175. The van der Waals surface area contributed by atoms with Crippen LogP contribution in [0.4, 0.5) is 25.2 Å². The van der Waals surface area contributed by atoms with Crippen molar-refractivity contribution in [2.75, 3.05) is 42.6 Å². The number of carbonyl (C=O) groups is 1. The molecule has 4 aromatic carbocycles. The summed E-state index contributed by atoms with van der Waals surface area (Å²) >= 11 is 0. The van der Waals surface area contributed by atoms with Crippen molar-refractivity contribution in [1.29, 1.82) is 0 Å². The van der Waals surface area contributed by atoms with Crippen LogP contribution in [0, 0.1) is 25.5 Å². The van der Waals surface area contributed by atoms with E-state index in [1.807, 2.05) is 62.1 Å². The molecule has 2 fully saturated rings. The number of aromatic nitrogens is 4. The van der Waals surface area contributed by atoms with E-state index in [0.717, 1.165) is 59.0 Å². The standard InChI is InChI=1S/C23H25FN4O3.C19H19FN4O/c1-3-11-31-23(30)25-15-9-10-28(13-15)22-16-8-7-14(2)12-18(16)26-21(27-22)20-17(24)5-4-6-19(20)29;1-11-5-6-13-15(9-11)22-18(17-14(20)3-2-4-16(17)25)23-19(13)24-8-7-12(21)10-24/h4-8,12,15,29H,3,9-11,13H2,1-2H3,(H,25,30);2-6,9,12,25H,7-8,10,21H2,1H3/t15-;12-/m11/s1. The molecule has 0 bridgehead atoms. The highest BCUT2D eigenvalue weighted by molar-refractivity contribution is 5.93. The first-order valence-corrected chi connectivity index (χ1v) is 18.7. The molecule has 2 atom stereocenters. The van der Waals surface area contributed by atoms with Gasteiger partial charge in [-0.1, -0.05) is 31.2 Å². The monoisotopic (exact) mass is 762 g/mol. The van der Waals surface area contributed by atoms with Crippen molar-refractivity contribution in [2.24, 2.45) is 5.73 Å². The average molecular weight is 763 g/mol. The van der Waals surface area contributed by atoms with Gasteiger partial charge in [0.25, 0.3) is 0 Å². The molecule has 5 N–H and O–H groups in total. The second-order valence-corrected chi connectivity index (χ2v) is 14.3. The Morgan fingerprint density at radius 3 is 1.79 bits per heavy atom. The third kappa shape index (κ3) is 8.10. The lowest BCUT2D eigenvalue weighted by Crippen LogP contribution is -2.37. The number of amides is 1. The Labute approximate surface area is 323 Å². The third-order valence-electron chi connectivity index (χ3n) is 9.87. The predicted molar refractivity (Wildman–Crippen MR) is 213 cm³/mol. The lowest BCUT2D eigenvalue weighted by Gasteiger charge is -2.21. The van der Waals surface area contributed by atoms with E-state index in [4.69, 9.17) is 10.5 Å². The fourth-order valence-corrected chi connectivity index (χ4v) is 7.07. The number of benzene rings is 4. The molecule has 0 aliphatic carbocycles. The molecular formula is C42H44F2N8O4. The van der Waals surface area contributed by atoms with Gasteiger partial charge in [-0.2, -0.15) is 0 Å². The number of hydrogen-bond donors (Lipinski definition) is 4. The molecule has 2 aliphatic heterocycles. The number of rotatable bonds is 7. The van der Waals surface area contributed by atoms with Gasteiger partial charge in [0.15, 0.2) is 11.6 Å². The van der Waals surface area contributed by atoms with Crippen LogP contribution in [0.1, 0.15) is 37.3 Å². The van der Waals surface area contributed by atoms with Crippen LogP contribution in [-0.4, -0.2) is 81.1 Å². The van der Waals surface area contributed by atoms with Gasteiger partial charge in [0.2, 0.25) is 0 Å². The number of alkyl carbamates (subject to hydrolysis) is 1. The summed E-state index contributed by atoms with van der Waals surface area (Å²) in [5, 5.41) is 25.0. The zero-order chi connectivity index (χ0) is 39.5. The number of hydrogen-bond acceptors (Lipinski definition) is 11. The molecule has 8 rings (SSSR count). The summed E-state index contributed by atoms with van der Waals surface area (Å²) in [6.07, 6.45) is 1.97. The number of ether oxygens (including phenoxy) is 1. The zero-order valence-corrected chi connectivity index (χ0v) is 31.5. The Morgan fingerprint density at radius 2 is 1.30 bits per heavy atom. The van der Waals surface area contributed by atoms with Gasteiger partial charge >= 0.3 is 6.09 Å². The first-order valence-electron chi connectivity index (χ1n) is 18.7. The molecule has 14 heteroatoms. The number of halogens is 2. The van der Waals surface area contributed by atoms with E-state index >= 15 is 0 Å². The first kappa shape index (κ1) is 38.1. The van der Waals surface area contributed by atoms with Crippen LogP contribution in [0.2, 0.25) is 0 Å². The molecule has 0 spiro atoms. The summed E-state index contributed by atoms with van der Waals surface area (Å²) in [7, 11) is 0. The summed E-state index contributed by atoms with van der Waals surface area (Å²) in [6, 6.07) is 20.1. The van der Waals surface area contributed by atoms with Crippen LogP contribution < -0.4 is 20.9 Å². The van der Waals surface area contributed by atoms with E-state index in [2.05, 4.69) is 30.2 Å². The fraction of sp³-hybridized carbons (Fsp3) is 0.310. The van der Waals surface area contributed by atoms with Gasteiger partial charge in [-0.05, 0) is 92.8 Å². The molecule has 1 amide bonds. The van der Waals surface area contributed by atoms with Gasteiger partial charge < -0.3 is 35.8 Å². The van der Waals surface area contributed by atoms with Gasteiger partial charge in [-0.25, -0.2) is 33.5 Å². The smallest absolute Gasteiger partial charge is 0.407 e. The van der Waals surface area contributed by atoms with E-state index in [-0.39, 0.29) is 46.4 Å². The summed E-state index contributed by atoms with van der Waals surface area (Å²) in [6.45, 7) is 8.97. The number of nitrogens with zero attached hydrogens (tertiary/aromatic N) is 6. The predicted octanol–water partition coefficient (Wildman–Crippen LogP) is 7.15. The second kappa shape index (κ2) is 16.3. The number of aryl methyl sites for hydroxylation is 2. The largest absolute Gasteiger partial charge is 0.507 e. The highest BCUT2D eigenvalue weighted by atomic mass is 19.1. The van der Waals surface area contributed by atoms with Gasteiger partial charge in [-0.3, -0.25) is 0 Å². The number of phenols is 2. The molecule has 0 saturated carbocycles. The third-order valence-corrected chi connectivity index (χ3v) is 9.87. The minimum Gasteiger partial charge on any atom is -0.507 e. The Hall–Kier alpha value is -6.15. The molecule has 4 heterocycles. The molecule has 12 nitrogen and oxygen atoms in total. The maximum atomic E-state index is 14.5. The fourth-order valence-electron chi connectivity index (χ4n) is 7.07. The van der Waals surface area contributed by atoms with E-state index in [1.165, 1.54) is 36.4 Å². The minimum absolute atomic E-state index is 0.0238. The van der Waals surface area contributed by atoms with Crippen molar-refractivity contribution >= 4 is 39.5 Å². The molecular weight excluding hydrogens is 719 g/mol. The quantitative estimate of drug-likeness (QED) is 0.131. The molecule has 2 aliphatic rings. The van der Waals surface area contributed by atoms with Crippen LogP contribution in [0.5, 0.6) is 11.5 Å². The van der Waals surface area contributed by atoms with E-state index in [1.54, 1.807) is 0 Å². The summed E-state index contributed by atoms with van der Waals surface area (Å²) < 4.78 is 33.9. The summed E-state index contributed by atoms with van der Waals surface area (Å²) in [4.78, 5) is 34.3. The molecule has 0 unspecified atom stereocenters. The topological polar surface area (TPSA) is 163 Å². The maximum absolute atomic E-state index is 14.5. The van der Waals surface area contributed by atoms with Crippen LogP contribution >= 0.6 is 0 Å². The number of phenolic OH excluding ortho intramolecular Hbond substituents is 2. The van der Waals surface area contributed by atoms with E-state index in [9.17, 15) is 23.8 Å². The second-order valence-electron chi connectivity index (χ2n) is 14.3. The highest BCUT2D eigenvalue weighted by Gasteiger charge is 2.28. The number of nitrogens with one attached hydrogen (secondary N) is 1. The highest BCUT2D eigenvalue weighted by Crippen LogP contribution is 2.36. The van der Waals surface area contributed by atoms with E-state index < -0.39 is 17.7 Å². The molecule has 0 radical (unpaired) electrons. The number of aromatic hydroxyl groups is 2. The van der Waals surface area contributed by atoms with Crippen molar-refractivity contribution in [3.63, 3.8) is 0 Å². The number of nitrogens with two attached hydrogens (primary N) is 1. The SMILES string of the molecule is CCCOC(=O)N[C@@H]1CCN(c2nc(-c3c(O)cccc3F)nc3cc(C)ccc23)C1.Cc1ccc2c(N3CC[C@@H](N)C3)nc(-c3c(O)cccc3F)nc2c1. The van der Waals surface area contributed by atoms with Gasteiger partial charge in [0.1, 0.15) is 34.8 Å². The number of carbonyl (C=O) groups excluding carboxylic acids is 1. The zero-order valence-electron chi connectivity index (χ0n) is 31.5. The van der Waals surface area contributed by atoms with Crippen molar-refractivity contribution in [1.82, 2.24) is 25.3 Å². The molecule has 6 aromatic rings. The Morgan fingerprint density at radius 1 is 0.786 bits per heavy atom. The van der Waals surface area contributed by atoms with E-state index in [0.29, 0.717) is 37.6 Å². The lowest BCUT2D eigenvalue weighted by atomic mass is 10.1. The lowest BCUT2D eigenvalue weighted by molar-refractivity contribution is 0.143. The van der Waals surface area contributed by atoms with Crippen molar-refractivity contribution in [3.8, 4) is 34.3 Å².